The number of sulfonamides is 1. The molecule has 1 unspecified atom stereocenters. The second-order valence-electron chi connectivity index (χ2n) is 8.23. The maximum absolute atomic E-state index is 13.1. The Kier molecular flexibility index (Phi) is 7.72. The minimum Gasteiger partial charge on any atom is -0.379 e. The summed E-state index contributed by atoms with van der Waals surface area (Å²) < 4.78 is 32.3. The highest BCUT2D eigenvalue weighted by Crippen LogP contribution is 2.27. The van der Waals surface area contributed by atoms with Gasteiger partial charge >= 0.3 is 0 Å². The lowest BCUT2D eigenvalue weighted by atomic mass is 10.0. The first-order valence-electron chi connectivity index (χ1n) is 11.3. The van der Waals surface area contributed by atoms with E-state index >= 15 is 0 Å². The Morgan fingerprint density at radius 1 is 1.00 bits per heavy atom. The molecular weight excluding hydrogens is 450 g/mol. The Morgan fingerprint density at radius 2 is 1.68 bits per heavy atom. The Bertz CT molecular complexity index is 1140. The van der Waals surface area contributed by atoms with Crippen molar-refractivity contribution >= 4 is 15.9 Å². The Morgan fingerprint density at radius 3 is 2.32 bits per heavy atom. The summed E-state index contributed by atoms with van der Waals surface area (Å²) in [5.74, 6) is -0.00970. The number of hydrogen-bond acceptors (Lipinski definition) is 5. The van der Waals surface area contributed by atoms with Gasteiger partial charge in [0.15, 0.2) is 0 Å². The molecule has 4 rings (SSSR count). The van der Waals surface area contributed by atoms with Gasteiger partial charge in [0.05, 0.1) is 29.8 Å². The van der Waals surface area contributed by atoms with E-state index in [9.17, 15) is 13.2 Å². The number of hydrogen-bond donors (Lipinski definition) is 0. The van der Waals surface area contributed by atoms with Crippen LogP contribution in [0.15, 0.2) is 83.9 Å². The SMILES string of the molecule is CN(C(=O)CCc1ccc(S(=O)(=O)N2CCOCC2)cc1)C(c1ccccc1)c1ccccn1. The number of aromatic nitrogens is 1. The molecule has 0 bridgehead atoms. The van der Waals surface area contributed by atoms with Crippen molar-refractivity contribution in [3.63, 3.8) is 0 Å². The van der Waals surface area contributed by atoms with E-state index in [0.717, 1.165) is 16.8 Å². The smallest absolute Gasteiger partial charge is 0.243 e. The number of aryl methyl sites for hydroxylation is 1. The molecule has 0 radical (unpaired) electrons. The average molecular weight is 480 g/mol. The van der Waals surface area contributed by atoms with Crippen LogP contribution in [0.25, 0.3) is 0 Å². The lowest BCUT2D eigenvalue weighted by Gasteiger charge is -2.28. The molecule has 7 nitrogen and oxygen atoms in total. The van der Waals surface area contributed by atoms with Crippen molar-refractivity contribution in [1.29, 1.82) is 0 Å². The number of amides is 1. The number of rotatable bonds is 8. The zero-order chi connectivity index (χ0) is 24.0. The summed E-state index contributed by atoms with van der Waals surface area (Å²) in [4.78, 5) is 19.6. The monoisotopic (exact) mass is 479 g/mol. The number of ether oxygens (including phenoxy) is 1. The first-order chi connectivity index (χ1) is 16.5. The van der Waals surface area contributed by atoms with E-state index in [1.165, 1.54) is 4.31 Å². The van der Waals surface area contributed by atoms with Crippen molar-refractivity contribution in [2.75, 3.05) is 33.4 Å². The van der Waals surface area contributed by atoms with Crippen LogP contribution in [0.1, 0.15) is 29.3 Å². The normalized spacial score (nSPS) is 15.6. The van der Waals surface area contributed by atoms with Gasteiger partial charge in [0, 0.05) is 32.8 Å². The molecular formula is C26H29N3O4S. The zero-order valence-electron chi connectivity index (χ0n) is 19.2. The van der Waals surface area contributed by atoms with E-state index in [0.29, 0.717) is 39.1 Å². The molecule has 2 aromatic carbocycles. The molecule has 2 heterocycles. The van der Waals surface area contributed by atoms with Gasteiger partial charge in [-0.1, -0.05) is 48.5 Å². The van der Waals surface area contributed by atoms with Gasteiger partial charge in [-0.05, 0) is 41.8 Å². The summed E-state index contributed by atoms with van der Waals surface area (Å²) in [5.41, 5.74) is 2.72. The second kappa shape index (κ2) is 10.9. The van der Waals surface area contributed by atoms with Crippen LogP contribution in [0.4, 0.5) is 0 Å². The van der Waals surface area contributed by atoms with Gasteiger partial charge in [0.2, 0.25) is 15.9 Å². The molecule has 1 saturated heterocycles. The molecule has 1 fully saturated rings. The minimum absolute atomic E-state index is 0.00970. The van der Waals surface area contributed by atoms with Crippen LogP contribution >= 0.6 is 0 Å². The molecule has 1 aromatic heterocycles. The molecule has 1 amide bonds. The van der Waals surface area contributed by atoms with Crippen LogP contribution in [0, 0.1) is 0 Å². The first-order valence-corrected chi connectivity index (χ1v) is 12.8. The van der Waals surface area contributed by atoms with Crippen molar-refractivity contribution in [1.82, 2.24) is 14.2 Å². The molecule has 0 spiro atoms. The van der Waals surface area contributed by atoms with Gasteiger partial charge in [-0.2, -0.15) is 4.31 Å². The van der Waals surface area contributed by atoms with Gasteiger partial charge in [0.25, 0.3) is 0 Å². The quantitative estimate of drug-likeness (QED) is 0.495. The maximum atomic E-state index is 13.1. The van der Waals surface area contributed by atoms with E-state index in [4.69, 9.17) is 4.74 Å². The van der Waals surface area contributed by atoms with E-state index in [2.05, 4.69) is 4.98 Å². The van der Waals surface area contributed by atoms with E-state index in [1.54, 1.807) is 42.4 Å². The van der Waals surface area contributed by atoms with Crippen molar-refractivity contribution < 1.29 is 17.9 Å². The molecule has 8 heteroatoms. The fourth-order valence-electron chi connectivity index (χ4n) is 4.10. The number of nitrogens with zero attached hydrogens (tertiary/aromatic N) is 3. The van der Waals surface area contributed by atoms with Crippen LogP contribution in [-0.4, -0.2) is 61.9 Å². The molecule has 178 valence electrons. The van der Waals surface area contributed by atoms with Gasteiger partial charge in [0.1, 0.15) is 0 Å². The number of morpholine rings is 1. The summed E-state index contributed by atoms with van der Waals surface area (Å²) in [6, 6.07) is 22.1. The molecule has 1 atom stereocenters. The van der Waals surface area contributed by atoms with Crippen molar-refractivity contribution in [2.45, 2.75) is 23.8 Å². The first kappa shape index (κ1) is 24.1. The average Bonchev–Trinajstić information content (AvgIpc) is 2.89. The van der Waals surface area contributed by atoms with Gasteiger partial charge < -0.3 is 9.64 Å². The molecule has 3 aromatic rings. The zero-order valence-corrected chi connectivity index (χ0v) is 20.0. The van der Waals surface area contributed by atoms with Crippen LogP contribution in [-0.2, 0) is 26.0 Å². The highest BCUT2D eigenvalue weighted by Gasteiger charge is 2.27. The van der Waals surface area contributed by atoms with E-state index in [-0.39, 0.29) is 16.8 Å². The summed E-state index contributed by atoms with van der Waals surface area (Å²) in [6.07, 6.45) is 2.56. The summed E-state index contributed by atoms with van der Waals surface area (Å²) in [7, 11) is -1.73. The lowest BCUT2D eigenvalue weighted by molar-refractivity contribution is -0.131. The second-order valence-corrected chi connectivity index (χ2v) is 10.2. The Balaban J connectivity index is 1.43. The van der Waals surface area contributed by atoms with E-state index in [1.807, 2.05) is 48.5 Å². The highest BCUT2D eigenvalue weighted by atomic mass is 32.2. The molecule has 1 aliphatic rings. The predicted molar refractivity (Wildman–Crippen MR) is 130 cm³/mol. The topological polar surface area (TPSA) is 79.8 Å². The van der Waals surface area contributed by atoms with Crippen molar-refractivity contribution in [2.24, 2.45) is 0 Å². The van der Waals surface area contributed by atoms with Crippen LogP contribution < -0.4 is 0 Å². The van der Waals surface area contributed by atoms with Crippen molar-refractivity contribution in [3.05, 3.63) is 95.8 Å². The number of benzene rings is 2. The third-order valence-electron chi connectivity index (χ3n) is 6.02. The number of carbonyl (C=O) groups excluding carboxylic acids is 1. The Hall–Kier alpha value is -3.07. The van der Waals surface area contributed by atoms with Crippen LogP contribution in [0.5, 0.6) is 0 Å². The number of carbonyl (C=O) groups is 1. The molecule has 0 saturated carbocycles. The maximum Gasteiger partial charge on any atom is 0.243 e. The third-order valence-corrected chi connectivity index (χ3v) is 7.94. The lowest BCUT2D eigenvalue weighted by Crippen LogP contribution is -2.40. The fourth-order valence-corrected chi connectivity index (χ4v) is 5.51. The molecule has 0 aliphatic carbocycles. The fraction of sp³-hybridized carbons (Fsp3) is 0.308. The largest absolute Gasteiger partial charge is 0.379 e. The number of pyridine rings is 1. The Labute approximate surface area is 201 Å². The predicted octanol–water partition coefficient (Wildman–Crippen LogP) is 3.28. The van der Waals surface area contributed by atoms with Gasteiger partial charge in [-0.3, -0.25) is 9.78 Å². The van der Waals surface area contributed by atoms with E-state index < -0.39 is 10.0 Å². The molecule has 0 N–H and O–H groups in total. The minimum atomic E-state index is -3.52. The highest BCUT2D eigenvalue weighted by molar-refractivity contribution is 7.89. The van der Waals surface area contributed by atoms with Gasteiger partial charge in [-0.15, -0.1) is 0 Å². The third kappa shape index (κ3) is 5.52. The van der Waals surface area contributed by atoms with Crippen LogP contribution in [0.2, 0.25) is 0 Å². The van der Waals surface area contributed by atoms with Gasteiger partial charge in [-0.25, -0.2) is 8.42 Å². The summed E-state index contributed by atoms with van der Waals surface area (Å²) in [6.45, 7) is 1.55. The summed E-state index contributed by atoms with van der Waals surface area (Å²) in [5, 5.41) is 0. The molecule has 34 heavy (non-hydrogen) atoms. The van der Waals surface area contributed by atoms with Crippen molar-refractivity contribution in [3.8, 4) is 0 Å². The van der Waals surface area contributed by atoms with Crippen LogP contribution in [0.3, 0.4) is 0 Å². The molecule has 1 aliphatic heterocycles. The summed E-state index contributed by atoms with van der Waals surface area (Å²) >= 11 is 0. The standard InChI is InChI=1S/C26H29N3O4S/c1-28(26(22-7-3-2-4-8-22)24-9-5-6-16-27-24)25(30)15-12-21-10-13-23(14-11-21)34(31,32)29-17-19-33-20-18-29/h2-11,13-14,16,26H,12,15,17-20H2,1H3.